The molecule has 0 heterocycles. The molecule has 0 aliphatic carbocycles. The lowest BCUT2D eigenvalue weighted by Gasteiger charge is -2.12. The summed E-state index contributed by atoms with van der Waals surface area (Å²) in [6, 6.07) is 11.1. The minimum atomic E-state index is 0.234. The van der Waals surface area contributed by atoms with Crippen molar-refractivity contribution in [3.63, 3.8) is 0 Å². The van der Waals surface area contributed by atoms with Crippen molar-refractivity contribution in [2.45, 2.75) is 6.54 Å². The molecular formula is C16H12BrCl2NO. The van der Waals surface area contributed by atoms with E-state index in [2.05, 4.69) is 27.2 Å². The number of hydrogen-bond donors (Lipinski definition) is 1. The molecule has 0 saturated heterocycles. The van der Waals surface area contributed by atoms with Crippen molar-refractivity contribution in [3.8, 4) is 18.1 Å². The Kier molecular flexibility index (Phi) is 5.81. The van der Waals surface area contributed by atoms with Gasteiger partial charge in [0.2, 0.25) is 0 Å². The van der Waals surface area contributed by atoms with Crippen LogP contribution in [0.1, 0.15) is 5.56 Å². The summed E-state index contributed by atoms with van der Waals surface area (Å²) in [6.07, 6.45) is 5.23. The van der Waals surface area contributed by atoms with Crippen LogP contribution in [0.5, 0.6) is 5.75 Å². The predicted octanol–water partition coefficient (Wildman–Crippen LogP) is 5.38. The summed E-state index contributed by atoms with van der Waals surface area (Å²) in [4.78, 5) is 0. The van der Waals surface area contributed by atoms with Crippen LogP contribution in [0.2, 0.25) is 10.0 Å². The largest absolute Gasteiger partial charge is 0.481 e. The van der Waals surface area contributed by atoms with E-state index >= 15 is 0 Å². The molecule has 1 N–H and O–H groups in total. The van der Waals surface area contributed by atoms with Crippen LogP contribution in [-0.2, 0) is 6.54 Å². The fourth-order valence-electron chi connectivity index (χ4n) is 1.80. The van der Waals surface area contributed by atoms with Crippen molar-refractivity contribution in [2.75, 3.05) is 11.9 Å². The number of benzene rings is 2. The molecule has 0 atom stereocenters. The number of halogens is 3. The molecule has 2 aromatic carbocycles. The molecular weight excluding hydrogens is 373 g/mol. The summed E-state index contributed by atoms with van der Waals surface area (Å²) < 4.78 is 6.50. The lowest BCUT2D eigenvalue weighted by molar-refractivity contribution is 0.366. The molecule has 0 aliphatic heterocycles. The average Bonchev–Trinajstić information content (AvgIpc) is 2.43. The quantitative estimate of drug-likeness (QED) is 0.698. The van der Waals surface area contributed by atoms with Gasteiger partial charge < -0.3 is 10.1 Å². The Morgan fingerprint density at radius 3 is 2.52 bits per heavy atom. The summed E-state index contributed by atoms with van der Waals surface area (Å²) in [6.45, 7) is 0.799. The van der Waals surface area contributed by atoms with E-state index in [1.54, 1.807) is 6.07 Å². The first-order valence-corrected chi connectivity index (χ1v) is 7.68. The Balaban J connectivity index is 2.15. The maximum Gasteiger partial charge on any atom is 0.148 e. The van der Waals surface area contributed by atoms with Gasteiger partial charge in [-0.25, -0.2) is 0 Å². The average molecular weight is 385 g/mol. The molecule has 0 amide bonds. The zero-order chi connectivity index (χ0) is 15.2. The third-order valence-electron chi connectivity index (χ3n) is 2.68. The van der Waals surface area contributed by atoms with Gasteiger partial charge >= 0.3 is 0 Å². The van der Waals surface area contributed by atoms with E-state index in [1.807, 2.05) is 30.3 Å². The van der Waals surface area contributed by atoms with Gasteiger partial charge in [0.25, 0.3) is 0 Å². The Labute approximate surface area is 142 Å². The predicted molar refractivity (Wildman–Crippen MR) is 92.3 cm³/mol. The minimum Gasteiger partial charge on any atom is -0.481 e. The molecule has 2 nitrogen and oxygen atoms in total. The van der Waals surface area contributed by atoms with Crippen LogP contribution in [-0.4, -0.2) is 6.61 Å². The second-order valence-electron chi connectivity index (χ2n) is 4.26. The van der Waals surface area contributed by atoms with Crippen LogP contribution in [0.15, 0.2) is 40.9 Å². The Morgan fingerprint density at radius 1 is 1.14 bits per heavy atom. The second kappa shape index (κ2) is 7.61. The van der Waals surface area contributed by atoms with Gasteiger partial charge in [-0.05, 0) is 36.4 Å². The van der Waals surface area contributed by atoms with E-state index in [-0.39, 0.29) is 6.61 Å². The lowest BCUT2D eigenvalue weighted by atomic mass is 10.2. The van der Waals surface area contributed by atoms with E-state index in [4.69, 9.17) is 34.4 Å². The van der Waals surface area contributed by atoms with Crippen molar-refractivity contribution < 1.29 is 4.74 Å². The third-order valence-corrected chi connectivity index (χ3v) is 3.61. The topological polar surface area (TPSA) is 21.3 Å². The SMILES string of the molecule is C#CCOc1ccc(Br)cc1CNc1cc(Cl)cc(Cl)c1. The van der Waals surface area contributed by atoms with Gasteiger partial charge in [-0.1, -0.05) is 45.1 Å². The first-order chi connectivity index (χ1) is 10.1. The number of hydrogen-bond acceptors (Lipinski definition) is 2. The highest BCUT2D eigenvalue weighted by Crippen LogP contribution is 2.26. The zero-order valence-electron chi connectivity index (χ0n) is 11.0. The van der Waals surface area contributed by atoms with E-state index in [1.165, 1.54) is 0 Å². The molecule has 0 unspecified atom stereocenters. The van der Waals surface area contributed by atoms with Crippen LogP contribution < -0.4 is 10.1 Å². The van der Waals surface area contributed by atoms with E-state index in [9.17, 15) is 0 Å². The van der Waals surface area contributed by atoms with Gasteiger partial charge in [-0.3, -0.25) is 0 Å². The highest BCUT2D eigenvalue weighted by molar-refractivity contribution is 9.10. The molecule has 0 radical (unpaired) electrons. The van der Waals surface area contributed by atoms with Crippen LogP contribution >= 0.6 is 39.1 Å². The maximum absolute atomic E-state index is 5.98. The van der Waals surface area contributed by atoms with Gasteiger partial charge in [-0.15, -0.1) is 6.42 Å². The molecule has 0 saturated carbocycles. The van der Waals surface area contributed by atoms with Gasteiger partial charge in [0.15, 0.2) is 0 Å². The molecule has 0 bridgehead atoms. The van der Waals surface area contributed by atoms with Crippen molar-refractivity contribution in [3.05, 3.63) is 56.5 Å². The molecule has 5 heteroatoms. The Hall–Kier alpha value is -1.34. The highest BCUT2D eigenvalue weighted by atomic mass is 79.9. The summed E-state index contributed by atoms with van der Waals surface area (Å²) in [5.41, 5.74) is 1.83. The summed E-state index contributed by atoms with van der Waals surface area (Å²) in [5.74, 6) is 3.20. The van der Waals surface area contributed by atoms with Crippen LogP contribution in [0.3, 0.4) is 0 Å². The van der Waals surface area contributed by atoms with Gasteiger partial charge in [-0.2, -0.15) is 0 Å². The summed E-state index contributed by atoms with van der Waals surface area (Å²) in [7, 11) is 0. The van der Waals surface area contributed by atoms with E-state index in [0.29, 0.717) is 16.6 Å². The first-order valence-electron chi connectivity index (χ1n) is 6.13. The molecule has 0 aliphatic rings. The summed E-state index contributed by atoms with van der Waals surface area (Å²) >= 11 is 15.4. The van der Waals surface area contributed by atoms with Crippen LogP contribution in [0, 0.1) is 12.3 Å². The van der Waals surface area contributed by atoms with Crippen LogP contribution in [0.25, 0.3) is 0 Å². The molecule has 0 fully saturated rings. The number of rotatable bonds is 5. The third kappa shape index (κ3) is 4.86. The number of anilines is 1. The van der Waals surface area contributed by atoms with E-state index in [0.717, 1.165) is 21.5 Å². The molecule has 2 rings (SSSR count). The fourth-order valence-corrected chi connectivity index (χ4v) is 2.73. The smallest absolute Gasteiger partial charge is 0.148 e. The second-order valence-corrected chi connectivity index (χ2v) is 6.05. The normalized spacial score (nSPS) is 10.0. The zero-order valence-corrected chi connectivity index (χ0v) is 14.1. The molecule has 2 aromatic rings. The minimum absolute atomic E-state index is 0.234. The first kappa shape index (κ1) is 16.0. The fraction of sp³-hybridized carbons (Fsp3) is 0.125. The maximum atomic E-state index is 5.98. The van der Waals surface area contributed by atoms with Crippen molar-refractivity contribution in [1.82, 2.24) is 0 Å². The number of terminal acetylenes is 1. The monoisotopic (exact) mass is 383 g/mol. The van der Waals surface area contributed by atoms with E-state index < -0.39 is 0 Å². The molecule has 21 heavy (non-hydrogen) atoms. The highest BCUT2D eigenvalue weighted by Gasteiger charge is 2.05. The molecule has 0 spiro atoms. The number of nitrogens with one attached hydrogen (secondary N) is 1. The van der Waals surface area contributed by atoms with Gasteiger partial charge in [0.1, 0.15) is 12.4 Å². The van der Waals surface area contributed by atoms with Crippen molar-refractivity contribution in [1.29, 1.82) is 0 Å². The Bertz CT molecular complexity index is 662. The Morgan fingerprint density at radius 2 is 1.86 bits per heavy atom. The summed E-state index contributed by atoms with van der Waals surface area (Å²) in [5, 5.41) is 4.44. The molecule has 0 aromatic heterocycles. The molecule has 108 valence electrons. The van der Waals surface area contributed by atoms with Crippen molar-refractivity contribution in [2.24, 2.45) is 0 Å². The standard InChI is InChI=1S/C16H12BrCl2NO/c1-2-5-21-16-4-3-12(17)6-11(16)10-20-15-8-13(18)7-14(19)9-15/h1,3-4,6-9,20H,5,10H2. The van der Waals surface area contributed by atoms with Gasteiger partial charge in [0, 0.05) is 32.3 Å². The number of ether oxygens (including phenoxy) is 1. The van der Waals surface area contributed by atoms with Crippen LogP contribution in [0.4, 0.5) is 5.69 Å². The lowest BCUT2D eigenvalue weighted by Crippen LogP contribution is -2.04. The van der Waals surface area contributed by atoms with Crippen molar-refractivity contribution >= 4 is 44.8 Å². The van der Waals surface area contributed by atoms with Gasteiger partial charge in [0.05, 0.1) is 0 Å².